The van der Waals surface area contributed by atoms with Crippen LogP contribution in [0.4, 0.5) is 8.78 Å². The van der Waals surface area contributed by atoms with E-state index in [-0.39, 0.29) is 32.9 Å². The first-order chi connectivity index (χ1) is 12.9. The minimum Gasteiger partial charge on any atom is -0.387 e. The summed E-state index contributed by atoms with van der Waals surface area (Å²) in [6, 6.07) is 0. The van der Waals surface area contributed by atoms with E-state index in [1.54, 1.807) is 0 Å². The molecular weight excluding hydrogens is 405 g/mol. The van der Waals surface area contributed by atoms with E-state index >= 15 is 0 Å². The predicted octanol–water partition coefficient (Wildman–Crippen LogP) is 2.40. The Balaban J connectivity index is 1.93. The van der Waals surface area contributed by atoms with Gasteiger partial charge < -0.3 is 15.0 Å². The maximum atomic E-state index is 12.8. The van der Waals surface area contributed by atoms with Crippen LogP contribution in [0.1, 0.15) is 17.8 Å². The van der Waals surface area contributed by atoms with Crippen molar-refractivity contribution in [2.75, 3.05) is 13.2 Å². The van der Waals surface area contributed by atoms with E-state index in [1.807, 2.05) is 0 Å². The monoisotopic (exact) mass is 416 g/mol. The summed E-state index contributed by atoms with van der Waals surface area (Å²) in [7, 11) is 0. The lowest BCUT2D eigenvalue weighted by molar-refractivity contribution is -0.135. The molecule has 3 aromatic rings. The van der Waals surface area contributed by atoms with E-state index in [9.17, 15) is 13.6 Å². The lowest BCUT2D eigenvalue weighted by Gasteiger charge is -2.26. The molecule has 2 N–H and O–H groups in total. The van der Waals surface area contributed by atoms with E-state index in [0.29, 0.717) is 23.9 Å². The highest BCUT2D eigenvalue weighted by atomic mass is 35.5. The molecule has 0 fully saturated rings. The second-order valence-corrected chi connectivity index (χ2v) is 6.68. The van der Waals surface area contributed by atoms with Crippen LogP contribution in [0.2, 0.25) is 10.2 Å². The van der Waals surface area contributed by atoms with Gasteiger partial charge in [-0.15, -0.1) is 9.90 Å². The number of amides is 1. The van der Waals surface area contributed by atoms with Gasteiger partial charge >= 0.3 is 6.55 Å². The number of nitrogens with one attached hydrogen (secondary N) is 1. The van der Waals surface area contributed by atoms with Crippen LogP contribution in [0, 0.1) is 0 Å². The Morgan fingerprint density at radius 3 is 2.85 bits per heavy atom. The highest BCUT2D eigenvalue weighted by molar-refractivity contribution is 6.44. The first-order valence-corrected chi connectivity index (χ1v) is 8.63. The minimum absolute atomic E-state index is 0.00680. The van der Waals surface area contributed by atoms with Gasteiger partial charge in [0.05, 0.1) is 11.7 Å². The fraction of sp³-hybridized carbons (Fsp3) is 0.333. The number of hydrogen-bond acceptors (Lipinski definition) is 5. The van der Waals surface area contributed by atoms with Gasteiger partial charge in [-0.2, -0.15) is 13.9 Å². The number of H-pyrrole nitrogens is 1. The van der Waals surface area contributed by atoms with Crippen LogP contribution < -0.4 is 0 Å². The topological polar surface area (TPSA) is 99.9 Å². The number of halogens is 4. The van der Waals surface area contributed by atoms with Crippen molar-refractivity contribution in [1.29, 1.82) is 0 Å². The number of aromatic amines is 1. The van der Waals surface area contributed by atoms with Gasteiger partial charge in [0.2, 0.25) is 5.91 Å². The van der Waals surface area contributed by atoms with Crippen molar-refractivity contribution in [3.05, 3.63) is 27.6 Å². The molecular formula is C15H12Cl2F2N6O2. The number of fused-ring (bicyclic) bond motifs is 3. The number of hydrogen-bond donors (Lipinski definition) is 2. The molecule has 12 heteroatoms. The number of carbonyl (C=O) groups is 1. The maximum absolute atomic E-state index is 12.8. The molecule has 0 unspecified atom stereocenters. The normalized spacial score (nSPS) is 14.2. The average molecular weight is 417 g/mol. The van der Waals surface area contributed by atoms with Crippen molar-refractivity contribution in [2.24, 2.45) is 0 Å². The molecule has 1 aliphatic heterocycles. The molecule has 0 saturated heterocycles. The van der Waals surface area contributed by atoms with Crippen LogP contribution in [-0.2, 0) is 17.8 Å². The molecule has 0 saturated carbocycles. The second kappa shape index (κ2) is 6.70. The van der Waals surface area contributed by atoms with Crippen LogP contribution in [0.3, 0.4) is 0 Å². The summed E-state index contributed by atoms with van der Waals surface area (Å²) in [5.74, 6) is -0.409. The summed E-state index contributed by atoms with van der Waals surface area (Å²) < 4.78 is 25.7. The first kappa shape index (κ1) is 18.1. The Hall–Kier alpha value is -2.30. The molecule has 8 nitrogen and oxygen atoms in total. The number of aromatic nitrogens is 5. The predicted molar refractivity (Wildman–Crippen MR) is 92.6 cm³/mol. The molecule has 1 amide bonds. The summed E-state index contributed by atoms with van der Waals surface area (Å²) in [4.78, 5) is 21.0. The first-order valence-electron chi connectivity index (χ1n) is 7.88. The standard InChI is InChI=1S/C15H12Cl2F2N6O2/c16-11-13-10(6-4-24(9(27)5-26)2-1-7(6)21-13)12(22-14(11)17)8-3-20-25(23-8)15(18)19/h3,15,21,26H,1-2,4-5H2. The summed E-state index contributed by atoms with van der Waals surface area (Å²) in [5.41, 5.74) is 2.39. The Morgan fingerprint density at radius 2 is 2.19 bits per heavy atom. The molecule has 27 heavy (non-hydrogen) atoms. The lowest BCUT2D eigenvalue weighted by Crippen LogP contribution is -2.37. The van der Waals surface area contributed by atoms with E-state index in [2.05, 4.69) is 20.2 Å². The summed E-state index contributed by atoms with van der Waals surface area (Å²) in [6.45, 7) is -2.85. The summed E-state index contributed by atoms with van der Waals surface area (Å²) in [5, 5.41) is 17.1. The minimum atomic E-state index is -2.89. The Bertz CT molecular complexity index is 1050. The largest absolute Gasteiger partial charge is 0.387 e. The molecule has 0 aromatic carbocycles. The Morgan fingerprint density at radius 1 is 1.41 bits per heavy atom. The number of carbonyl (C=O) groups excluding carboxylic acids is 1. The Kier molecular flexibility index (Phi) is 4.49. The van der Waals surface area contributed by atoms with Gasteiger partial charge in [0, 0.05) is 36.2 Å². The molecule has 4 heterocycles. The second-order valence-electron chi connectivity index (χ2n) is 5.95. The number of aliphatic hydroxyl groups excluding tert-OH is 1. The molecule has 0 radical (unpaired) electrons. The zero-order chi connectivity index (χ0) is 19.3. The van der Waals surface area contributed by atoms with E-state index in [4.69, 9.17) is 28.3 Å². The maximum Gasteiger partial charge on any atom is 0.348 e. The molecule has 0 atom stereocenters. The van der Waals surface area contributed by atoms with Gasteiger partial charge in [-0.05, 0) is 0 Å². The Labute approximate surface area is 160 Å². The fourth-order valence-electron chi connectivity index (χ4n) is 3.20. The summed E-state index contributed by atoms with van der Waals surface area (Å²) >= 11 is 12.4. The van der Waals surface area contributed by atoms with Crippen LogP contribution in [0.15, 0.2) is 6.20 Å². The molecule has 142 valence electrons. The van der Waals surface area contributed by atoms with Crippen molar-refractivity contribution < 1.29 is 18.7 Å². The van der Waals surface area contributed by atoms with Crippen molar-refractivity contribution >= 4 is 40.0 Å². The highest BCUT2D eigenvalue weighted by Crippen LogP contribution is 2.39. The van der Waals surface area contributed by atoms with Crippen LogP contribution in [0.25, 0.3) is 22.3 Å². The van der Waals surface area contributed by atoms with Gasteiger partial charge in [-0.25, -0.2) is 4.98 Å². The molecule has 4 rings (SSSR count). The van der Waals surface area contributed by atoms with Crippen molar-refractivity contribution in [2.45, 2.75) is 19.5 Å². The zero-order valence-electron chi connectivity index (χ0n) is 13.6. The highest BCUT2D eigenvalue weighted by Gasteiger charge is 2.28. The molecule has 1 aliphatic rings. The SMILES string of the molecule is O=C(CO)N1CCc2[nH]c3c(Cl)c(Cl)nc(-c4cnn(C(F)F)n4)c3c2C1. The average Bonchev–Trinajstić information content (AvgIpc) is 3.29. The third kappa shape index (κ3) is 2.93. The molecule has 0 bridgehead atoms. The van der Waals surface area contributed by atoms with Gasteiger partial charge in [0.25, 0.3) is 0 Å². The van der Waals surface area contributed by atoms with Gasteiger partial charge in [-0.1, -0.05) is 23.2 Å². The number of nitrogens with zero attached hydrogens (tertiary/aromatic N) is 5. The van der Waals surface area contributed by atoms with E-state index in [1.165, 1.54) is 4.90 Å². The molecule has 0 aliphatic carbocycles. The van der Waals surface area contributed by atoms with E-state index in [0.717, 1.165) is 17.5 Å². The number of aliphatic hydroxyl groups is 1. The van der Waals surface area contributed by atoms with E-state index < -0.39 is 19.1 Å². The van der Waals surface area contributed by atoms with Crippen molar-refractivity contribution in [3.63, 3.8) is 0 Å². The zero-order valence-corrected chi connectivity index (χ0v) is 15.1. The molecule has 0 spiro atoms. The number of alkyl halides is 2. The quantitative estimate of drug-likeness (QED) is 0.638. The van der Waals surface area contributed by atoms with Crippen LogP contribution in [-0.4, -0.2) is 54.0 Å². The van der Waals surface area contributed by atoms with Crippen molar-refractivity contribution in [3.8, 4) is 11.4 Å². The van der Waals surface area contributed by atoms with Crippen molar-refractivity contribution in [1.82, 2.24) is 29.9 Å². The van der Waals surface area contributed by atoms with Gasteiger partial charge in [-0.3, -0.25) is 4.79 Å². The third-order valence-electron chi connectivity index (χ3n) is 4.43. The fourth-order valence-corrected chi connectivity index (χ4v) is 3.57. The molecule has 3 aromatic heterocycles. The lowest BCUT2D eigenvalue weighted by atomic mass is 10.0. The third-order valence-corrected chi connectivity index (χ3v) is 5.17. The smallest absolute Gasteiger partial charge is 0.348 e. The number of rotatable bonds is 3. The number of pyridine rings is 1. The van der Waals surface area contributed by atoms with Gasteiger partial charge in [0.1, 0.15) is 23.0 Å². The van der Waals surface area contributed by atoms with Crippen LogP contribution >= 0.6 is 23.2 Å². The van der Waals surface area contributed by atoms with Gasteiger partial charge in [0.15, 0.2) is 5.15 Å². The van der Waals surface area contributed by atoms with Crippen LogP contribution in [0.5, 0.6) is 0 Å². The summed E-state index contributed by atoms with van der Waals surface area (Å²) in [6.07, 6.45) is 1.67.